The first-order valence-corrected chi connectivity index (χ1v) is 33.0. The fourth-order valence-electron chi connectivity index (χ4n) is 10.3. The molecule has 0 spiro atoms. The molecule has 75 heavy (non-hydrogen) atoms. The maximum Gasteiger partial charge on any atom is 2.00 e. The van der Waals surface area contributed by atoms with E-state index in [2.05, 4.69) is 27.7 Å². The minimum atomic E-state index is -1.13. The first kappa shape index (κ1) is 78.4. The van der Waals surface area contributed by atoms with E-state index in [1.54, 1.807) is 0 Å². The molecular formula is C66H126CaO8. The molecule has 0 amide bonds. The van der Waals surface area contributed by atoms with Crippen molar-refractivity contribution < 1.29 is 38.9 Å². The predicted molar refractivity (Wildman–Crippen MR) is 317 cm³/mol. The summed E-state index contributed by atoms with van der Waals surface area (Å²) in [5, 5.41) is 22.2. The van der Waals surface area contributed by atoms with Gasteiger partial charge >= 0.3 is 49.7 Å². The van der Waals surface area contributed by atoms with Crippen molar-refractivity contribution >= 4 is 61.6 Å². The Morgan fingerprint density at radius 1 is 0.267 bits per heavy atom. The van der Waals surface area contributed by atoms with Gasteiger partial charge in [-0.1, -0.05) is 323 Å². The summed E-state index contributed by atoms with van der Waals surface area (Å²) in [6, 6.07) is 0. The number of unbranched alkanes of at least 4 members (excludes halogenated alkanes) is 46. The smallest absolute Gasteiger partial charge is 0.550 e. The molecular weight excluding hydrogens is 961 g/mol. The van der Waals surface area contributed by atoms with Crippen LogP contribution < -0.4 is 10.2 Å². The Balaban J connectivity index is -0.00000136. The molecule has 0 saturated carbocycles. The third kappa shape index (κ3) is 69.2. The van der Waals surface area contributed by atoms with E-state index in [-0.39, 0.29) is 62.5 Å². The molecule has 0 aliphatic heterocycles. The standard InChI is InChI=1S/2C33H64O4.Ca/c2*1-3-5-7-9-11-13-15-17-18-20-22-24-26-28-31(30-32(34)35)37-33(36)29-27-25-23-21-19-16-14-12-10-8-6-4-2;/h2*31H,3-30H2,1-2H3,(H,34,35);/q;;+2/p-2. The quantitative estimate of drug-likeness (QED) is 0.0334. The Morgan fingerprint density at radius 3 is 0.600 bits per heavy atom. The van der Waals surface area contributed by atoms with Crippen LogP contribution in [0.2, 0.25) is 0 Å². The topological polar surface area (TPSA) is 133 Å². The average Bonchev–Trinajstić information content (AvgIpc) is 3.37. The van der Waals surface area contributed by atoms with E-state index in [0.717, 1.165) is 51.4 Å². The second-order valence-electron chi connectivity index (χ2n) is 22.7. The van der Waals surface area contributed by atoms with Crippen molar-refractivity contribution in [2.75, 3.05) is 0 Å². The number of carbonyl (C=O) groups excluding carboxylic acids is 4. The second kappa shape index (κ2) is 67.4. The van der Waals surface area contributed by atoms with Gasteiger partial charge in [-0.15, -0.1) is 0 Å². The second-order valence-corrected chi connectivity index (χ2v) is 22.7. The van der Waals surface area contributed by atoms with Gasteiger partial charge < -0.3 is 29.3 Å². The van der Waals surface area contributed by atoms with Gasteiger partial charge in [-0.2, -0.15) is 0 Å². The van der Waals surface area contributed by atoms with E-state index in [0.29, 0.717) is 25.7 Å². The summed E-state index contributed by atoms with van der Waals surface area (Å²) in [6.45, 7) is 9.04. The van der Waals surface area contributed by atoms with Crippen molar-refractivity contribution in [2.24, 2.45) is 0 Å². The van der Waals surface area contributed by atoms with Gasteiger partial charge in [-0.25, -0.2) is 0 Å². The molecule has 0 aromatic rings. The third-order valence-electron chi connectivity index (χ3n) is 15.1. The van der Waals surface area contributed by atoms with Gasteiger partial charge in [-0.05, 0) is 38.5 Å². The van der Waals surface area contributed by atoms with Crippen molar-refractivity contribution in [2.45, 2.75) is 399 Å². The molecule has 0 radical (unpaired) electrons. The molecule has 2 atom stereocenters. The number of carbonyl (C=O) groups is 4. The molecule has 9 heteroatoms. The minimum absolute atomic E-state index is 0. The summed E-state index contributed by atoms with van der Waals surface area (Å²) >= 11 is 0. The van der Waals surface area contributed by atoms with Crippen LogP contribution in [0.4, 0.5) is 0 Å². The molecule has 0 saturated heterocycles. The molecule has 0 aromatic carbocycles. The summed E-state index contributed by atoms with van der Waals surface area (Å²) < 4.78 is 11.0. The summed E-state index contributed by atoms with van der Waals surface area (Å²) in [7, 11) is 0. The maximum atomic E-state index is 12.2. The molecule has 0 aliphatic rings. The van der Waals surface area contributed by atoms with E-state index in [1.807, 2.05) is 0 Å². The minimum Gasteiger partial charge on any atom is -0.550 e. The Labute approximate surface area is 496 Å². The van der Waals surface area contributed by atoms with E-state index in [9.17, 15) is 29.4 Å². The van der Waals surface area contributed by atoms with Crippen molar-refractivity contribution in [3.05, 3.63) is 0 Å². The van der Waals surface area contributed by atoms with Gasteiger partial charge in [0.2, 0.25) is 0 Å². The molecule has 0 N–H and O–H groups in total. The molecule has 0 rings (SSSR count). The van der Waals surface area contributed by atoms with Crippen LogP contribution in [0.25, 0.3) is 0 Å². The number of carboxylic acids is 2. The van der Waals surface area contributed by atoms with Gasteiger partial charge in [0, 0.05) is 37.6 Å². The summed E-state index contributed by atoms with van der Waals surface area (Å²) in [4.78, 5) is 46.6. The molecule has 8 nitrogen and oxygen atoms in total. The van der Waals surface area contributed by atoms with Crippen LogP contribution in [0.1, 0.15) is 387 Å². The molecule has 0 bridgehead atoms. The molecule has 0 aromatic heterocycles. The number of aliphatic carboxylic acids is 2. The molecule has 0 fully saturated rings. The number of hydrogen-bond acceptors (Lipinski definition) is 8. The van der Waals surface area contributed by atoms with Crippen LogP contribution in [0.5, 0.6) is 0 Å². The van der Waals surface area contributed by atoms with Gasteiger partial charge in [0.15, 0.2) is 0 Å². The van der Waals surface area contributed by atoms with Crippen LogP contribution in [-0.4, -0.2) is 73.8 Å². The number of hydrogen-bond donors (Lipinski definition) is 0. The SMILES string of the molecule is CCCCCCCCCCCCCCCC(CC(=O)[O-])OC(=O)CCCCCCCCCCCCCC.CCCCCCCCCCCCCCCC(CC(=O)[O-])OC(=O)CCCCCCCCCCCCCC.[Ca+2]. The van der Waals surface area contributed by atoms with Gasteiger partial charge in [-0.3, -0.25) is 9.59 Å². The summed E-state index contributed by atoms with van der Waals surface area (Å²) in [5.41, 5.74) is 0. The van der Waals surface area contributed by atoms with Gasteiger partial charge in [0.1, 0.15) is 12.2 Å². The zero-order chi connectivity index (χ0) is 54.5. The first-order valence-electron chi connectivity index (χ1n) is 33.0. The van der Waals surface area contributed by atoms with Gasteiger partial charge in [0.05, 0.1) is 0 Å². The zero-order valence-electron chi connectivity index (χ0n) is 50.7. The van der Waals surface area contributed by atoms with E-state index < -0.39 is 24.1 Å². The number of carboxylic acid groups (broad SMARTS) is 2. The molecule has 0 heterocycles. The average molecular weight is 1090 g/mol. The van der Waals surface area contributed by atoms with Crippen molar-refractivity contribution in [1.82, 2.24) is 0 Å². The van der Waals surface area contributed by atoms with Crippen LogP contribution in [0.3, 0.4) is 0 Å². The van der Waals surface area contributed by atoms with Crippen LogP contribution in [0.15, 0.2) is 0 Å². The summed E-state index contributed by atoms with van der Waals surface area (Å²) in [5.74, 6) is -2.74. The number of esters is 2. The Morgan fingerprint density at radius 2 is 0.427 bits per heavy atom. The molecule has 440 valence electrons. The van der Waals surface area contributed by atoms with Crippen LogP contribution in [0, 0.1) is 0 Å². The number of ether oxygens (including phenoxy) is 2. The van der Waals surface area contributed by atoms with E-state index >= 15 is 0 Å². The number of rotatable bonds is 60. The maximum absolute atomic E-state index is 12.2. The third-order valence-corrected chi connectivity index (χ3v) is 15.1. The Bertz CT molecular complexity index is 1080. The monoisotopic (exact) mass is 1090 g/mol. The Hall–Kier alpha value is -0.860. The largest absolute Gasteiger partial charge is 2.00 e. The van der Waals surface area contributed by atoms with Crippen molar-refractivity contribution in [3.63, 3.8) is 0 Å². The predicted octanol–water partition coefficient (Wildman–Crippen LogP) is 18.8. The van der Waals surface area contributed by atoms with E-state index in [4.69, 9.17) is 9.47 Å². The fraction of sp³-hybridized carbons (Fsp3) is 0.939. The van der Waals surface area contributed by atoms with Gasteiger partial charge in [0.25, 0.3) is 0 Å². The van der Waals surface area contributed by atoms with E-state index in [1.165, 1.54) is 270 Å². The van der Waals surface area contributed by atoms with Crippen LogP contribution >= 0.6 is 0 Å². The first-order chi connectivity index (χ1) is 36.2. The zero-order valence-corrected chi connectivity index (χ0v) is 52.9. The summed E-state index contributed by atoms with van der Waals surface area (Å²) in [6.07, 6.45) is 64.2. The normalized spacial score (nSPS) is 11.9. The van der Waals surface area contributed by atoms with Crippen LogP contribution in [-0.2, 0) is 28.7 Å². The van der Waals surface area contributed by atoms with Crippen molar-refractivity contribution in [3.8, 4) is 0 Å². The fourth-order valence-corrected chi connectivity index (χ4v) is 10.3. The molecule has 0 aliphatic carbocycles. The Kier molecular flexibility index (Phi) is 70.4. The molecule has 2 unspecified atom stereocenters. The van der Waals surface area contributed by atoms with Crippen molar-refractivity contribution in [1.29, 1.82) is 0 Å².